The van der Waals surface area contributed by atoms with E-state index in [0.29, 0.717) is 11.3 Å². The minimum Gasteiger partial charge on any atom is -0.330 e. The van der Waals surface area contributed by atoms with E-state index in [1.807, 2.05) is 0 Å². The van der Waals surface area contributed by atoms with Gasteiger partial charge in [-0.2, -0.15) is 0 Å². The molecule has 0 amide bonds. The first-order chi connectivity index (χ1) is 6.66. The van der Waals surface area contributed by atoms with Gasteiger partial charge >= 0.3 is 0 Å². The minimum atomic E-state index is 0.624. The Hall–Kier alpha value is -0.0800. The van der Waals surface area contributed by atoms with E-state index in [0.717, 1.165) is 6.54 Å². The third-order valence-electron chi connectivity index (χ3n) is 3.57. The van der Waals surface area contributed by atoms with Crippen LogP contribution in [-0.4, -0.2) is 19.6 Å². The van der Waals surface area contributed by atoms with Crippen LogP contribution in [0, 0.1) is 11.3 Å². The van der Waals surface area contributed by atoms with Crippen LogP contribution in [0.2, 0.25) is 0 Å². The summed E-state index contributed by atoms with van der Waals surface area (Å²) in [5, 5.41) is 3.57. The molecule has 1 atom stereocenters. The molecule has 0 aromatic carbocycles. The van der Waals surface area contributed by atoms with Crippen molar-refractivity contribution in [3.8, 4) is 0 Å². The molecule has 0 bridgehead atoms. The fraction of sp³-hybridized carbons (Fsp3) is 1.00. The molecule has 0 aromatic rings. The zero-order chi connectivity index (χ0) is 10.4. The Morgan fingerprint density at radius 3 is 2.64 bits per heavy atom. The third-order valence-corrected chi connectivity index (χ3v) is 3.57. The molecule has 1 fully saturated rings. The van der Waals surface area contributed by atoms with E-state index >= 15 is 0 Å². The van der Waals surface area contributed by atoms with Crippen molar-refractivity contribution in [3.05, 3.63) is 0 Å². The molecule has 0 spiro atoms. The van der Waals surface area contributed by atoms with Crippen LogP contribution in [0.5, 0.6) is 0 Å². The zero-order valence-electron chi connectivity index (χ0n) is 9.81. The first kappa shape index (κ1) is 12.0. The van der Waals surface area contributed by atoms with E-state index in [4.69, 9.17) is 5.73 Å². The van der Waals surface area contributed by atoms with Crippen LogP contribution in [0.15, 0.2) is 0 Å². The number of nitrogens with one attached hydrogen (secondary N) is 1. The summed E-state index contributed by atoms with van der Waals surface area (Å²) >= 11 is 0. The Kier molecular flexibility index (Phi) is 4.90. The first-order valence-corrected chi connectivity index (χ1v) is 6.07. The van der Waals surface area contributed by atoms with Crippen molar-refractivity contribution >= 4 is 0 Å². The molecule has 0 heterocycles. The summed E-state index contributed by atoms with van der Waals surface area (Å²) in [7, 11) is 0. The third kappa shape index (κ3) is 3.97. The van der Waals surface area contributed by atoms with Gasteiger partial charge in [-0.15, -0.1) is 0 Å². The van der Waals surface area contributed by atoms with Gasteiger partial charge in [-0.25, -0.2) is 0 Å². The molecule has 84 valence electrons. The summed E-state index contributed by atoms with van der Waals surface area (Å²) in [6, 6.07) is 0. The van der Waals surface area contributed by atoms with Gasteiger partial charge in [-0.05, 0) is 50.1 Å². The van der Waals surface area contributed by atoms with E-state index in [2.05, 4.69) is 19.2 Å². The Bertz CT molecular complexity index is 152. The van der Waals surface area contributed by atoms with Gasteiger partial charge in [0.2, 0.25) is 0 Å². The van der Waals surface area contributed by atoms with E-state index in [-0.39, 0.29) is 0 Å². The highest BCUT2D eigenvalue weighted by molar-refractivity contribution is 4.84. The van der Waals surface area contributed by atoms with Crippen LogP contribution >= 0.6 is 0 Å². The summed E-state index contributed by atoms with van der Waals surface area (Å²) in [5.74, 6) is 0.691. The summed E-state index contributed by atoms with van der Waals surface area (Å²) in [4.78, 5) is 0. The van der Waals surface area contributed by atoms with Gasteiger partial charge in [0.15, 0.2) is 0 Å². The van der Waals surface area contributed by atoms with Gasteiger partial charge in [-0.3, -0.25) is 0 Å². The van der Waals surface area contributed by atoms with Crippen LogP contribution in [0.1, 0.15) is 46.0 Å². The van der Waals surface area contributed by atoms with E-state index in [9.17, 15) is 0 Å². The molecular formula is C12H26N2. The van der Waals surface area contributed by atoms with E-state index in [1.165, 1.54) is 45.2 Å². The molecule has 0 saturated heterocycles. The maximum Gasteiger partial charge on any atom is 0.000516 e. The molecule has 0 aromatic heterocycles. The van der Waals surface area contributed by atoms with Gasteiger partial charge < -0.3 is 11.1 Å². The predicted molar refractivity (Wildman–Crippen MR) is 62.3 cm³/mol. The molecule has 1 aliphatic carbocycles. The Labute approximate surface area is 88.6 Å². The standard InChI is InChI=1S/C12H26N2/c1-11(9-13)5-3-8-14-10-12(2)6-4-7-12/h11,14H,3-10,13H2,1-2H3. The highest BCUT2D eigenvalue weighted by Gasteiger charge is 2.30. The predicted octanol–water partition coefficient (Wildman–Crippen LogP) is 2.14. The van der Waals surface area contributed by atoms with Gasteiger partial charge in [0.05, 0.1) is 0 Å². The summed E-state index contributed by atoms with van der Waals surface area (Å²) in [5.41, 5.74) is 6.19. The Balaban J connectivity index is 1.89. The molecule has 1 rings (SSSR count). The summed E-state index contributed by atoms with van der Waals surface area (Å²) in [6.45, 7) is 7.83. The monoisotopic (exact) mass is 198 g/mol. The lowest BCUT2D eigenvalue weighted by molar-refractivity contribution is 0.157. The Morgan fingerprint density at radius 2 is 2.14 bits per heavy atom. The first-order valence-electron chi connectivity index (χ1n) is 6.07. The smallest absolute Gasteiger partial charge is 0.000516 e. The minimum absolute atomic E-state index is 0.624. The lowest BCUT2D eigenvalue weighted by atomic mass is 9.70. The molecule has 2 heteroatoms. The molecule has 2 nitrogen and oxygen atoms in total. The SMILES string of the molecule is CC(CN)CCCNCC1(C)CCC1. The van der Waals surface area contributed by atoms with Gasteiger partial charge in [0, 0.05) is 6.54 Å². The molecular weight excluding hydrogens is 172 g/mol. The van der Waals surface area contributed by atoms with Gasteiger partial charge in [0.25, 0.3) is 0 Å². The molecule has 14 heavy (non-hydrogen) atoms. The van der Waals surface area contributed by atoms with Crippen LogP contribution in [0.25, 0.3) is 0 Å². The molecule has 1 aliphatic rings. The number of hydrogen-bond acceptors (Lipinski definition) is 2. The fourth-order valence-corrected chi connectivity index (χ4v) is 2.04. The lowest BCUT2D eigenvalue weighted by Crippen LogP contribution is -2.37. The quantitative estimate of drug-likeness (QED) is 0.615. The van der Waals surface area contributed by atoms with Crippen molar-refractivity contribution in [2.75, 3.05) is 19.6 Å². The van der Waals surface area contributed by atoms with Gasteiger partial charge in [-0.1, -0.05) is 20.3 Å². The fourth-order valence-electron chi connectivity index (χ4n) is 2.04. The highest BCUT2D eigenvalue weighted by Crippen LogP contribution is 2.39. The van der Waals surface area contributed by atoms with Crippen molar-refractivity contribution in [1.82, 2.24) is 5.32 Å². The molecule has 0 radical (unpaired) electrons. The highest BCUT2D eigenvalue weighted by atomic mass is 14.9. The second kappa shape index (κ2) is 5.72. The van der Waals surface area contributed by atoms with Crippen molar-refractivity contribution in [1.29, 1.82) is 0 Å². The van der Waals surface area contributed by atoms with Crippen molar-refractivity contribution < 1.29 is 0 Å². The van der Waals surface area contributed by atoms with Crippen LogP contribution in [-0.2, 0) is 0 Å². The maximum atomic E-state index is 5.57. The lowest BCUT2D eigenvalue weighted by Gasteiger charge is -2.38. The van der Waals surface area contributed by atoms with E-state index < -0.39 is 0 Å². The largest absolute Gasteiger partial charge is 0.330 e. The number of nitrogens with two attached hydrogens (primary N) is 1. The van der Waals surface area contributed by atoms with Gasteiger partial charge in [0.1, 0.15) is 0 Å². The van der Waals surface area contributed by atoms with Crippen LogP contribution < -0.4 is 11.1 Å². The number of hydrogen-bond donors (Lipinski definition) is 2. The van der Waals surface area contributed by atoms with Crippen LogP contribution in [0.3, 0.4) is 0 Å². The second-order valence-electron chi connectivity index (χ2n) is 5.32. The Morgan fingerprint density at radius 1 is 1.43 bits per heavy atom. The second-order valence-corrected chi connectivity index (χ2v) is 5.32. The summed E-state index contributed by atoms with van der Waals surface area (Å²) in [6.07, 6.45) is 6.80. The average molecular weight is 198 g/mol. The zero-order valence-corrected chi connectivity index (χ0v) is 9.81. The average Bonchev–Trinajstić information content (AvgIpc) is 2.14. The van der Waals surface area contributed by atoms with E-state index in [1.54, 1.807) is 0 Å². The molecule has 0 aliphatic heterocycles. The van der Waals surface area contributed by atoms with Crippen molar-refractivity contribution in [3.63, 3.8) is 0 Å². The molecule has 1 unspecified atom stereocenters. The maximum absolute atomic E-state index is 5.57. The summed E-state index contributed by atoms with van der Waals surface area (Å²) < 4.78 is 0. The van der Waals surface area contributed by atoms with Crippen molar-refractivity contribution in [2.24, 2.45) is 17.1 Å². The molecule has 3 N–H and O–H groups in total. The topological polar surface area (TPSA) is 38.0 Å². The normalized spacial score (nSPS) is 21.6. The molecule has 1 saturated carbocycles. The van der Waals surface area contributed by atoms with Crippen molar-refractivity contribution in [2.45, 2.75) is 46.0 Å². The van der Waals surface area contributed by atoms with Crippen LogP contribution in [0.4, 0.5) is 0 Å². The number of rotatable bonds is 7.